The summed E-state index contributed by atoms with van der Waals surface area (Å²) in [7, 11) is 0. The third-order valence-electron chi connectivity index (χ3n) is 1.53. The van der Waals surface area contributed by atoms with Crippen molar-refractivity contribution in [2.75, 3.05) is 0 Å². The molecule has 0 radical (unpaired) electrons. The molecule has 0 aromatic carbocycles. The topological polar surface area (TPSA) is 32.8 Å². The molecule has 0 fully saturated rings. The number of H-pyrrole nitrogens is 1. The zero-order valence-electron chi connectivity index (χ0n) is 5.70. The molecule has 0 aliphatic heterocycles. The van der Waals surface area contributed by atoms with Crippen molar-refractivity contribution in [1.29, 1.82) is 0 Å². The maximum absolute atomic E-state index is 4.06. The van der Waals surface area contributed by atoms with E-state index in [9.17, 15) is 0 Å². The van der Waals surface area contributed by atoms with Gasteiger partial charge in [0, 0.05) is 18.1 Å². The van der Waals surface area contributed by atoms with E-state index >= 15 is 0 Å². The van der Waals surface area contributed by atoms with Crippen molar-refractivity contribution in [2.45, 2.75) is 6.92 Å². The second-order valence-electron chi connectivity index (χ2n) is 2.24. The Kier molecular flexibility index (Phi) is 0.974. The van der Waals surface area contributed by atoms with Crippen LogP contribution in [-0.4, -0.2) is 10.2 Å². The second-order valence-corrected chi connectivity index (χ2v) is 2.24. The molecular formula is C7H8N3+. The van der Waals surface area contributed by atoms with E-state index in [1.165, 1.54) is 0 Å². The van der Waals surface area contributed by atoms with Crippen molar-refractivity contribution in [3.63, 3.8) is 0 Å². The van der Waals surface area contributed by atoms with Crippen molar-refractivity contribution in [3.8, 4) is 0 Å². The van der Waals surface area contributed by atoms with E-state index in [4.69, 9.17) is 0 Å². The van der Waals surface area contributed by atoms with E-state index in [0.717, 1.165) is 11.5 Å². The molecule has 0 aliphatic carbocycles. The quantitative estimate of drug-likeness (QED) is 0.521. The van der Waals surface area contributed by atoms with Crippen LogP contribution in [0, 0.1) is 6.92 Å². The summed E-state index contributed by atoms with van der Waals surface area (Å²) in [6, 6.07) is 5.91. The van der Waals surface area contributed by atoms with Crippen LogP contribution >= 0.6 is 0 Å². The lowest BCUT2D eigenvalue weighted by atomic mass is 10.5. The molecule has 2 aromatic rings. The Morgan fingerprint density at radius 2 is 2.40 bits per heavy atom. The standard InChI is InChI=1S/C7H7N3/c1-6-8-9-7-4-2-3-5-10(6)7/h2-5H,1H3/p+1. The smallest absolute Gasteiger partial charge is 0.202 e. The number of rotatable bonds is 0. The lowest BCUT2D eigenvalue weighted by Crippen LogP contribution is -2.21. The van der Waals surface area contributed by atoms with Gasteiger partial charge in [0.1, 0.15) is 0 Å². The molecule has 2 rings (SSSR count). The summed E-state index contributed by atoms with van der Waals surface area (Å²) in [5, 5.41) is 6.95. The summed E-state index contributed by atoms with van der Waals surface area (Å²) in [6.45, 7) is 1.99. The van der Waals surface area contributed by atoms with Gasteiger partial charge in [-0.1, -0.05) is 6.07 Å². The highest BCUT2D eigenvalue weighted by atomic mass is 15.2. The summed E-state index contributed by atoms with van der Waals surface area (Å²) in [5.74, 6) is 1.05. The normalized spacial score (nSPS) is 10.5. The van der Waals surface area contributed by atoms with Crippen molar-refractivity contribution in [1.82, 2.24) is 10.2 Å². The van der Waals surface area contributed by atoms with Crippen LogP contribution in [0.1, 0.15) is 5.82 Å². The molecule has 0 saturated carbocycles. The highest BCUT2D eigenvalue weighted by molar-refractivity contribution is 5.25. The first-order valence-corrected chi connectivity index (χ1v) is 3.19. The molecule has 0 atom stereocenters. The highest BCUT2D eigenvalue weighted by Gasteiger charge is 2.04. The van der Waals surface area contributed by atoms with E-state index in [2.05, 4.69) is 10.2 Å². The Hall–Kier alpha value is -1.38. The maximum Gasteiger partial charge on any atom is 0.305 e. The number of fused-ring (bicyclic) bond motifs is 1. The van der Waals surface area contributed by atoms with Gasteiger partial charge >= 0.3 is 5.65 Å². The van der Waals surface area contributed by atoms with Crippen molar-refractivity contribution in [2.24, 2.45) is 0 Å². The predicted octanol–water partition coefficient (Wildman–Crippen LogP) is 0.457. The predicted molar refractivity (Wildman–Crippen MR) is 36.5 cm³/mol. The molecule has 3 heteroatoms. The first kappa shape index (κ1) is 5.41. The molecule has 2 heterocycles. The minimum atomic E-state index is 0.958. The molecule has 0 saturated heterocycles. The van der Waals surface area contributed by atoms with Crippen LogP contribution in [0.25, 0.3) is 5.65 Å². The van der Waals surface area contributed by atoms with Gasteiger partial charge in [-0.25, -0.2) is 4.40 Å². The lowest BCUT2D eigenvalue weighted by Gasteiger charge is -1.81. The SMILES string of the molecule is Cc1[nH]nc2cccc[n+]12. The van der Waals surface area contributed by atoms with Crippen molar-refractivity contribution in [3.05, 3.63) is 30.2 Å². The van der Waals surface area contributed by atoms with Crippen LogP contribution in [0.5, 0.6) is 0 Å². The number of aromatic amines is 1. The summed E-state index contributed by atoms with van der Waals surface area (Å²) in [6.07, 6.45) is 1.98. The number of hydrogen-bond donors (Lipinski definition) is 1. The van der Waals surface area contributed by atoms with E-state index in [1.807, 2.05) is 35.7 Å². The number of nitrogens with one attached hydrogen (secondary N) is 1. The Balaban J connectivity index is 2.93. The van der Waals surface area contributed by atoms with Crippen LogP contribution in [0.4, 0.5) is 0 Å². The Morgan fingerprint density at radius 1 is 1.50 bits per heavy atom. The summed E-state index contributed by atoms with van der Waals surface area (Å²) in [5.41, 5.74) is 0.958. The van der Waals surface area contributed by atoms with Gasteiger partial charge < -0.3 is 0 Å². The Bertz CT molecular complexity index is 350. The summed E-state index contributed by atoms with van der Waals surface area (Å²) in [4.78, 5) is 0. The monoisotopic (exact) mass is 134 g/mol. The van der Waals surface area contributed by atoms with Crippen LogP contribution in [0.15, 0.2) is 24.4 Å². The molecule has 0 unspecified atom stereocenters. The minimum absolute atomic E-state index is 0.958. The Morgan fingerprint density at radius 3 is 3.20 bits per heavy atom. The zero-order chi connectivity index (χ0) is 6.97. The molecule has 0 spiro atoms. The Labute approximate surface area is 58.3 Å². The maximum atomic E-state index is 4.06. The molecule has 10 heavy (non-hydrogen) atoms. The third-order valence-corrected chi connectivity index (χ3v) is 1.53. The van der Waals surface area contributed by atoms with Crippen LogP contribution in [-0.2, 0) is 0 Å². The first-order chi connectivity index (χ1) is 4.88. The van der Waals surface area contributed by atoms with E-state index in [1.54, 1.807) is 0 Å². The van der Waals surface area contributed by atoms with E-state index < -0.39 is 0 Å². The lowest BCUT2D eigenvalue weighted by molar-refractivity contribution is -0.519. The number of pyridine rings is 1. The zero-order valence-corrected chi connectivity index (χ0v) is 5.70. The molecule has 0 amide bonds. The van der Waals surface area contributed by atoms with Crippen molar-refractivity contribution >= 4 is 5.65 Å². The molecule has 1 N–H and O–H groups in total. The molecule has 50 valence electrons. The van der Waals surface area contributed by atoms with Crippen molar-refractivity contribution < 1.29 is 4.40 Å². The number of hydrogen-bond acceptors (Lipinski definition) is 1. The molecular weight excluding hydrogens is 126 g/mol. The van der Waals surface area contributed by atoms with Gasteiger partial charge in [0.2, 0.25) is 5.82 Å². The fourth-order valence-electron chi connectivity index (χ4n) is 1.00. The second kappa shape index (κ2) is 1.80. The van der Waals surface area contributed by atoms with Gasteiger partial charge in [-0.15, -0.1) is 5.10 Å². The van der Waals surface area contributed by atoms with Crippen LogP contribution < -0.4 is 4.40 Å². The van der Waals surface area contributed by atoms with E-state index in [-0.39, 0.29) is 0 Å². The largest absolute Gasteiger partial charge is 0.305 e. The molecule has 2 aromatic heterocycles. The third kappa shape index (κ3) is 0.603. The molecule has 0 aliphatic rings. The molecule has 3 nitrogen and oxygen atoms in total. The van der Waals surface area contributed by atoms with E-state index in [0.29, 0.717) is 0 Å². The van der Waals surface area contributed by atoms with Gasteiger partial charge in [-0.05, 0) is 6.07 Å². The van der Waals surface area contributed by atoms with Crippen LogP contribution in [0.3, 0.4) is 0 Å². The fraction of sp³-hybridized carbons (Fsp3) is 0.143. The van der Waals surface area contributed by atoms with Gasteiger partial charge in [0.05, 0.1) is 6.20 Å². The van der Waals surface area contributed by atoms with Gasteiger partial charge in [0.25, 0.3) is 0 Å². The number of aromatic nitrogens is 3. The summed E-state index contributed by atoms with van der Waals surface area (Å²) < 4.78 is 2.00. The summed E-state index contributed by atoms with van der Waals surface area (Å²) >= 11 is 0. The van der Waals surface area contributed by atoms with Gasteiger partial charge in [0.15, 0.2) is 0 Å². The average Bonchev–Trinajstić information content (AvgIpc) is 2.34. The number of nitrogens with zero attached hydrogens (tertiary/aromatic N) is 2. The average molecular weight is 134 g/mol. The minimum Gasteiger partial charge on any atom is -0.202 e. The number of aryl methyl sites for hydroxylation is 1. The van der Waals surface area contributed by atoms with Crippen LogP contribution in [0.2, 0.25) is 0 Å². The molecule has 0 bridgehead atoms. The first-order valence-electron chi connectivity index (χ1n) is 3.19. The fourth-order valence-corrected chi connectivity index (χ4v) is 1.00. The highest BCUT2D eigenvalue weighted by Crippen LogP contribution is 1.89. The van der Waals surface area contributed by atoms with Gasteiger partial charge in [-0.3, -0.25) is 0 Å². The van der Waals surface area contributed by atoms with Gasteiger partial charge in [-0.2, -0.15) is 0 Å².